The molecule has 0 heterocycles. The van der Waals surface area contributed by atoms with Crippen LogP contribution in [-0.2, 0) is 15.5 Å². The summed E-state index contributed by atoms with van der Waals surface area (Å²) >= 11 is 0. The molecule has 0 saturated carbocycles. The van der Waals surface area contributed by atoms with Crippen LogP contribution in [0.3, 0.4) is 0 Å². The van der Waals surface area contributed by atoms with Crippen molar-refractivity contribution in [2.75, 3.05) is 11.5 Å². The van der Waals surface area contributed by atoms with Crippen LogP contribution in [0, 0.1) is 0 Å². The molecule has 0 aliphatic carbocycles. The van der Waals surface area contributed by atoms with Gasteiger partial charge in [-0.1, -0.05) is 6.92 Å². The smallest absolute Gasteiger partial charge is 0.407 e. The third kappa shape index (κ3) is 8.71. The molecule has 0 aromatic carbocycles. The Hall–Kier alpha value is -0.580. The van der Waals surface area contributed by atoms with Gasteiger partial charge in [-0.05, 0) is 34.1 Å². The number of rotatable bonds is 5. The molecule has 16 heavy (non-hydrogen) atoms. The molecule has 0 saturated heterocycles. The molecule has 0 aromatic rings. The maximum absolute atomic E-state index is 11.4. The lowest BCUT2D eigenvalue weighted by molar-refractivity contribution is 0.0513. The lowest BCUT2D eigenvalue weighted by Gasteiger charge is -2.21. The van der Waals surface area contributed by atoms with Crippen LogP contribution in [0.1, 0.15) is 41.0 Å². The fraction of sp³-hybridized carbons (Fsp3) is 0.909. The highest BCUT2D eigenvalue weighted by atomic mass is 32.2. The van der Waals surface area contributed by atoms with Gasteiger partial charge < -0.3 is 10.1 Å². The lowest BCUT2D eigenvalue weighted by atomic mass is 10.2. The summed E-state index contributed by atoms with van der Waals surface area (Å²) in [6.45, 7) is 9.26. The summed E-state index contributed by atoms with van der Waals surface area (Å²) in [6, 6.07) is -0.123. The van der Waals surface area contributed by atoms with Crippen molar-refractivity contribution in [2.24, 2.45) is 0 Å². The van der Waals surface area contributed by atoms with E-state index in [-0.39, 0.29) is 6.04 Å². The van der Waals surface area contributed by atoms with Gasteiger partial charge >= 0.3 is 6.09 Å². The Bertz CT molecular complexity index is 248. The zero-order valence-corrected chi connectivity index (χ0v) is 11.6. The molecule has 0 bridgehead atoms. The molecule has 0 aliphatic rings. The summed E-state index contributed by atoms with van der Waals surface area (Å²) in [5.41, 5.74) is -0.494. The molecule has 0 rings (SSSR count). The van der Waals surface area contributed by atoms with Gasteiger partial charge in [-0.2, -0.15) is 0 Å². The van der Waals surface area contributed by atoms with Crippen molar-refractivity contribution in [2.45, 2.75) is 52.7 Å². The predicted molar refractivity (Wildman–Crippen MR) is 67.0 cm³/mol. The Morgan fingerprint density at radius 1 is 1.44 bits per heavy atom. The fourth-order valence-electron chi connectivity index (χ4n) is 1.14. The minimum absolute atomic E-state index is 0.123. The van der Waals surface area contributed by atoms with E-state index in [1.807, 2.05) is 34.6 Å². The third-order valence-corrected chi connectivity index (χ3v) is 3.37. The first-order valence-corrected chi connectivity index (χ1v) is 7.08. The Morgan fingerprint density at radius 3 is 2.44 bits per heavy atom. The molecule has 1 amide bonds. The number of ether oxygens (including phenoxy) is 1. The normalized spacial score (nSPS) is 15.3. The van der Waals surface area contributed by atoms with Crippen LogP contribution in [0.15, 0.2) is 0 Å². The van der Waals surface area contributed by atoms with E-state index in [0.29, 0.717) is 11.5 Å². The standard InChI is InChI=1S/C11H23NO3S/c1-6-7-16(14)8-9(2)12-10(13)15-11(3,4)5/h9H,6-8H2,1-5H3,(H,12,13)/t9-,16?/m0/s1. The van der Waals surface area contributed by atoms with E-state index in [1.54, 1.807) is 0 Å². The number of alkyl carbamates (subject to hydrolysis) is 1. The zero-order valence-electron chi connectivity index (χ0n) is 10.8. The highest BCUT2D eigenvalue weighted by Gasteiger charge is 2.18. The fourth-order valence-corrected chi connectivity index (χ4v) is 2.40. The van der Waals surface area contributed by atoms with Gasteiger partial charge in [0.1, 0.15) is 5.60 Å². The van der Waals surface area contributed by atoms with E-state index in [1.165, 1.54) is 0 Å². The van der Waals surface area contributed by atoms with Crippen molar-refractivity contribution in [3.63, 3.8) is 0 Å². The van der Waals surface area contributed by atoms with Gasteiger partial charge in [0.05, 0.1) is 0 Å². The molecule has 4 nitrogen and oxygen atoms in total. The van der Waals surface area contributed by atoms with E-state index < -0.39 is 22.5 Å². The van der Waals surface area contributed by atoms with Crippen molar-refractivity contribution < 1.29 is 13.7 Å². The van der Waals surface area contributed by atoms with Gasteiger partial charge in [0.2, 0.25) is 0 Å². The molecule has 1 N–H and O–H groups in total. The maximum atomic E-state index is 11.4. The minimum atomic E-state index is -0.860. The minimum Gasteiger partial charge on any atom is -0.444 e. The molecule has 1 unspecified atom stereocenters. The summed E-state index contributed by atoms with van der Waals surface area (Å²) in [5, 5.41) is 2.67. The van der Waals surface area contributed by atoms with Crippen molar-refractivity contribution in [1.29, 1.82) is 0 Å². The molecule has 0 fully saturated rings. The Kier molecular flexibility index (Phi) is 6.64. The maximum Gasteiger partial charge on any atom is 0.407 e. The van der Waals surface area contributed by atoms with Gasteiger partial charge in [0.15, 0.2) is 0 Å². The van der Waals surface area contributed by atoms with Crippen LogP contribution >= 0.6 is 0 Å². The molecular formula is C11H23NO3S. The first kappa shape index (κ1) is 15.4. The molecule has 5 heteroatoms. The van der Waals surface area contributed by atoms with E-state index in [2.05, 4.69) is 5.32 Å². The second-order valence-electron chi connectivity index (χ2n) is 4.86. The summed E-state index contributed by atoms with van der Waals surface area (Å²) in [6.07, 6.45) is 0.444. The largest absolute Gasteiger partial charge is 0.444 e. The summed E-state index contributed by atoms with van der Waals surface area (Å²) in [7, 11) is -0.860. The average molecular weight is 249 g/mol. The van der Waals surface area contributed by atoms with Crippen molar-refractivity contribution in [3.8, 4) is 0 Å². The molecule has 0 spiro atoms. The molecule has 0 radical (unpaired) electrons. The van der Waals surface area contributed by atoms with Crippen LogP contribution < -0.4 is 5.32 Å². The van der Waals surface area contributed by atoms with Crippen LogP contribution in [-0.4, -0.2) is 33.5 Å². The number of nitrogens with one attached hydrogen (secondary N) is 1. The number of hydrogen-bond acceptors (Lipinski definition) is 3. The van der Waals surface area contributed by atoms with Gasteiger partial charge in [-0.15, -0.1) is 0 Å². The zero-order chi connectivity index (χ0) is 12.8. The van der Waals surface area contributed by atoms with Gasteiger partial charge in [-0.3, -0.25) is 4.21 Å². The van der Waals surface area contributed by atoms with Crippen molar-refractivity contribution in [1.82, 2.24) is 5.32 Å². The summed E-state index contributed by atoms with van der Waals surface area (Å²) in [5.74, 6) is 1.16. The Morgan fingerprint density at radius 2 is 2.00 bits per heavy atom. The molecule has 2 atom stereocenters. The first-order valence-electron chi connectivity index (χ1n) is 5.59. The molecular weight excluding hydrogens is 226 g/mol. The first-order chi connectivity index (χ1) is 7.24. The topological polar surface area (TPSA) is 55.4 Å². The third-order valence-electron chi connectivity index (χ3n) is 1.63. The Labute approximate surface area is 101 Å². The van der Waals surface area contributed by atoms with E-state index in [0.717, 1.165) is 6.42 Å². The van der Waals surface area contributed by atoms with Crippen molar-refractivity contribution in [3.05, 3.63) is 0 Å². The number of carbonyl (C=O) groups excluding carboxylic acids is 1. The number of amides is 1. The molecule has 0 aliphatic heterocycles. The average Bonchev–Trinajstić information content (AvgIpc) is 1.98. The predicted octanol–water partition coefficient (Wildman–Crippen LogP) is 2.06. The second kappa shape index (κ2) is 6.89. The van der Waals surface area contributed by atoms with Crippen molar-refractivity contribution >= 4 is 16.9 Å². The van der Waals surface area contributed by atoms with Gasteiger partial charge in [-0.25, -0.2) is 4.79 Å². The quantitative estimate of drug-likeness (QED) is 0.811. The summed E-state index contributed by atoms with van der Waals surface area (Å²) in [4.78, 5) is 11.4. The highest BCUT2D eigenvalue weighted by Crippen LogP contribution is 2.06. The second-order valence-corrected chi connectivity index (χ2v) is 6.48. The number of carbonyl (C=O) groups is 1. The monoisotopic (exact) mass is 249 g/mol. The van der Waals surface area contributed by atoms with Crippen LogP contribution in [0.5, 0.6) is 0 Å². The molecule has 0 aromatic heterocycles. The van der Waals surface area contributed by atoms with E-state index in [4.69, 9.17) is 4.74 Å². The highest BCUT2D eigenvalue weighted by molar-refractivity contribution is 7.85. The Balaban J connectivity index is 3.91. The lowest BCUT2D eigenvalue weighted by Crippen LogP contribution is -2.40. The molecule has 96 valence electrons. The van der Waals surface area contributed by atoms with Crippen LogP contribution in [0.4, 0.5) is 4.79 Å². The van der Waals surface area contributed by atoms with Gasteiger partial charge in [0.25, 0.3) is 0 Å². The van der Waals surface area contributed by atoms with Crippen LogP contribution in [0.25, 0.3) is 0 Å². The van der Waals surface area contributed by atoms with Crippen LogP contribution in [0.2, 0.25) is 0 Å². The number of hydrogen-bond donors (Lipinski definition) is 1. The van der Waals surface area contributed by atoms with E-state index >= 15 is 0 Å². The van der Waals surface area contributed by atoms with E-state index in [9.17, 15) is 9.00 Å². The summed E-state index contributed by atoms with van der Waals surface area (Å²) < 4.78 is 16.5. The SMILES string of the molecule is CCCS(=O)C[C@H](C)NC(=O)OC(C)(C)C. The van der Waals surface area contributed by atoms with Gasteiger partial charge in [0, 0.05) is 28.3 Å².